The van der Waals surface area contributed by atoms with Crippen molar-refractivity contribution < 1.29 is 22.7 Å². The van der Waals surface area contributed by atoms with Gasteiger partial charge in [0.15, 0.2) is 0 Å². The van der Waals surface area contributed by atoms with Crippen molar-refractivity contribution in [2.24, 2.45) is 0 Å². The molecule has 0 bridgehead atoms. The lowest BCUT2D eigenvalue weighted by Crippen LogP contribution is -2.05. The molecule has 3 nitrogen and oxygen atoms in total. The number of para-hydroxylation sites is 1. The molecule has 156 valence electrons. The summed E-state index contributed by atoms with van der Waals surface area (Å²) in [6.07, 6.45) is -4.45. The van der Waals surface area contributed by atoms with Crippen LogP contribution < -0.4 is 0 Å². The van der Waals surface area contributed by atoms with Gasteiger partial charge < -0.3 is 4.74 Å². The molecule has 31 heavy (non-hydrogen) atoms. The van der Waals surface area contributed by atoms with Crippen LogP contribution >= 0.6 is 11.8 Å². The number of rotatable bonds is 4. The van der Waals surface area contributed by atoms with Crippen molar-refractivity contribution >= 4 is 28.6 Å². The standard InChI is InChI=1S/C24H16F3NO2S/c1-30-23(29)18-10-3-5-12-21(18)31-22-19(14-16-7-2-4-11-20(16)28-22)15-8-6-9-17(13-15)24(25,26)27/h2-14H,1H3. The summed E-state index contributed by atoms with van der Waals surface area (Å²) in [5.74, 6) is -0.496. The average molecular weight is 439 g/mol. The first kappa shape index (κ1) is 20.9. The van der Waals surface area contributed by atoms with Crippen LogP contribution in [0.4, 0.5) is 13.2 Å². The number of halogens is 3. The zero-order valence-corrected chi connectivity index (χ0v) is 17.1. The molecule has 0 aliphatic rings. The van der Waals surface area contributed by atoms with Crippen LogP contribution in [0.1, 0.15) is 15.9 Å². The summed E-state index contributed by atoms with van der Waals surface area (Å²) in [5.41, 5.74) is 1.28. The van der Waals surface area contributed by atoms with Crippen LogP contribution in [0.3, 0.4) is 0 Å². The van der Waals surface area contributed by atoms with Crippen LogP contribution in [0, 0.1) is 0 Å². The topological polar surface area (TPSA) is 39.2 Å². The van der Waals surface area contributed by atoms with Gasteiger partial charge >= 0.3 is 12.1 Å². The predicted molar refractivity (Wildman–Crippen MR) is 114 cm³/mol. The normalized spacial score (nSPS) is 11.5. The Kier molecular flexibility index (Phi) is 5.69. The largest absolute Gasteiger partial charge is 0.465 e. The molecule has 0 spiro atoms. The van der Waals surface area contributed by atoms with E-state index in [0.29, 0.717) is 32.1 Å². The highest BCUT2D eigenvalue weighted by Gasteiger charge is 2.30. The summed E-state index contributed by atoms with van der Waals surface area (Å²) in [4.78, 5) is 17.5. The van der Waals surface area contributed by atoms with E-state index in [9.17, 15) is 18.0 Å². The molecule has 0 fully saturated rings. The molecule has 0 N–H and O–H groups in total. The van der Waals surface area contributed by atoms with E-state index in [1.807, 2.05) is 30.3 Å². The summed E-state index contributed by atoms with van der Waals surface area (Å²) >= 11 is 1.21. The van der Waals surface area contributed by atoms with Gasteiger partial charge in [-0.15, -0.1) is 0 Å². The summed E-state index contributed by atoms with van der Waals surface area (Å²) in [6.45, 7) is 0. The van der Waals surface area contributed by atoms with Crippen molar-refractivity contribution in [1.29, 1.82) is 0 Å². The van der Waals surface area contributed by atoms with Gasteiger partial charge in [-0.1, -0.05) is 54.2 Å². The molecular weight excluding hydrogens is 423 g/mol. The summed E-state index contributed by atoms with van der Waals surface area (Å²) in [7, 11) is 1.30. The number of aromatic nitrogens is 1. The zero-order valence-electron chi connectivity index (χ0n) is 16.3. The van der Waals surface area contributed by atoms with Crippen LogP contribution in [-0.4, -0.2) is 18.1 Å². The molecule has 3 aromatic carbocycles. The monoisotopic (exact) mass is 439 g/mol. The van der Waals surface area contributed by atoms with E-state index in [0.717, 1.165) is 17.5 Å². The van der Waals surface area contributed by atoms with E-state index in [1.54, 1.807) is 30.3 Å². The van der Waals surface area contributed by atoms with Crippen molar-refractivity contribution in [3.63, 3.8) is 0 Å². The Morgan fingerprint density at radius 1 is 0.935 bits per heavy atom. The van der Waals surface area contributed by atoms with Crippen molar-refractivity contribution in [2.75, 3.05) is 7.11 Å². The van der Waals surface area contributed by atoms with Gasteiger partial charge in [-0.05, 0) is 42.0 Å². The second-order valence-corrected chi connectivity index (χ2v) is 7.73. The van der Waals surface area contributed by atoms with Gasteiger partial charge in [-0.2, -0.15) is 13.2 Å². The molecule has 0 saturated carbocycles. The SMILES string of the molecule is COC(=O)c1ccccc1Sc1nc2ccccc2cc1-c1cccc(C(F)(F)F)c1. The third-order valence-electron chi connectivity index (χ3n) is 4.69. The second-order valence-electron chi connectivity index (χ2n) is 6.70. The van der Waals surface area contributed by atoms with Gasteiger partial charge in [0.25, 0.3) is 0 Å². The third-order valence-corrected chi connectivity index (χ3v) is 5.77. The fourth-order valence-corrected chi connectivity index (χ4v) is 4.23. The lowest BCUT2D eigenvalue weighted by molar-refractivity contribution is -0.137. The molecular formula is C24H16F3NO2S. The number of pyridine rings is 1. The minimum atomic E-state index is -4.45. The number of benzene rings is 3. The Hall–Kier alpha value is -3.32. The molecule has 0 radical (unpaired) electrons. The van der Waals surface area contributed by atoms with Gasteiger partial charge in [0.2, 0.25) is 0 Å². The number of hydrogen-bond acceptors (Lipinski definition) is 4. The van der Waals surface area contributed by atoms with Crippen LogP contribution in [-0.2, 0) is 10.9 Å². The summed E-state index contributed by atoms with van der Waals surface area (Å²) in [6, 6.07) is 21.2. The van der Waals surface area contributed by atoms with Crippen LogP contribution in [0.2, 0.25) is 0 Å². The number of hydrogen-bond donors (Lipinski definition) is 0. The van der Waals surface area contributed by atoms with Crippen molar-refractivity contribution in [2.45, 2.75) is 16.1 Å². The minimum Gasteiger partial charge on any atom is -0.465 e. The number of esters is 1. The smallest absolute Gasteiger partial charge is 0.416 e. The predicted octanol–water partition coefficient (Wildman–Crippen LogP) is 6.86. The zero-order chi connectivity index (χ0) is 22.0. The van der Waals surface area contributed by atoms with E-state index >= 15 is 0 Å². The molecule has 0 atom stereocenters. The first-order chi connectivity index (χ1) is 14.9. The number of nitrogens with zero attached hydrogens (tertiary/aromatic N) is 1. The molecule has 7 heteroatoms. The first-order valence-corrected chi connectivity index (χ1v) is 10.1. The Labute approximate surface area is 180 Å². The molecule has 0 aliphatic carbocycles. The number of alkyl halides is 3. The number of carbonyl (C=O) groups excluding carboxylic acids is 1. The Morgan fingerprint density at radius 2 is 1.68 bits per heavy atom. The van der Waals surface area contributed by atoms with Crippen molar-refractivity contribution in [3.05, 3.63) is 90.0 Å². The molecule has 0 unspecified atom stereocenters. The van der Waals surface area contributed by atoms with E-state index in [2.05, 4.69) is 0 Å². The quantitative estimate of drug-likeness (QED) is 0.326. The van der Waals surface area contributed by atoms with Gasteiger partial charge in [-0.25, -0.2) is 9.78 Å². The lowest BCUT2D eigenvalue weighted by atomic mass is 10.0. The Balaban J connectivity index is 1.89. The number of ether oxygens (including phenoxy) is 1. The minimum absolute atomic E-state index is 0.361. The number of carbonyl (C=O) groups is 1. The van der Waals surface area contributed by atoms with Crippen LogP contribution in [0.15, 0.2) is 88.8 Å². The Bertz CT molecular complexity index is 1270. The second kappa shape index (κ2) is 8.43. The molecule has 0 saturated heterocycles. The molecule has 4 aromatic rings. The highest BCUT2D eigenvalue weighted by atomic mass is 32.2. The summed E-state index contributed by atoms with van der Waals surface area (Å²) in [5, 5.41) is 1.30. The summed E-state index contributed by atoms with van der Waals surface area (Å²) < 4.78 is 44.7. The fourth-order valence-electron chi connectivity index (χ4n) is 3.18. The maximum atomic E-state index is 13.3. The molecule has 1 heterocycles. The number of fused-ring (bicyclic) bond motifs is 1. The maximum Gasteiger partial charge on any atom is 0.416 e. The maximum absolute atomic E-state index is 13.3. The fraction of sp³-hybridized carbons (Fsp3) is 0.0833. The average Bonchev–Trinajstić information content (AvgIpc) is 2.78. The highest BCUT2D eigenvalue weighted by molar-refractivity contribution is 7.99. The van der Waals surface area contributed by atoms with Gasteiger partial charge in [0.05, 0.1) is 23.8 Å². The molecule has 4 rings (SSSR count). The van der Waals surface area contributed by atoms with Crippen LogP contribution in [0.5, 0.6) is 0 Å². The van der Waals surface area contributed by atoms with Gasteiger partial charge in [0, 0.05) is 15.8 Å². The van der Waals surface area contributed by atoms with Gasteiger partial charge in [0.1, 0.15) is 5.03 Å². The third kappa shape index (κ3) is 4.41. The van der Waals surface area contributed by atoms with E-state index in [4.69, 9.17) is 9.72 Å². The molecule has 1 aromatic heterocycles. The molecule has 0 amide bonds. The van der Waals surface area contributed by atoms with Crippen molar-refractivity contribution in [1.82, 2.24) is 4.98 Å². The molecule has 0 aliphatic heterocycles. The van der Waals surface area contributed by atoms with Gasteiger partial charge in [-0.3, -0.25) is 0 Å². The first-order valence-electron chi connectivity index (χ1n) is 9.29. The number of methoxy groups -OCH3 is 1. The van der Waals surface area contributed by atoms with Crippen LogP contribution in [0.25, 0.3) is 22.0 Å². The van der Waals surface area contributed by atoms with E-state index in [1.165, 1.54) is 24.9 Å². The lowest BCUT2D eigenvalue weighted by Gasteiger charge is -2.14. The van der Waals surface area contributed by atoms with E-state index < -0.39 is 17.7 Å². The Morgan fingerprint density at radius 3 is 2.45 bits per heavy atom. The highest BCUT2D eigenvalue weighted by Crippen LogP contribution is 2.40. The van der Waals surface area contributed by atoms with E-state index in [-0.39, 0.29) is 0 Å². The van der Waals surface area contributed by atoms with Crippen molar-refractivity contribution in [3.8, 4) is 11.1 Å².